The molecule has 4 nitrogen and oxygen atoms in total. The van der Waals surface area contributed by atoms with E-state index in [9.17, 15) is 8.42 Å². The molecule has 7 heteroatoms. The molecule has 1 aliphatic carbocycles. The lowest BCUT2D eigenvalue weighted by atomic mass is 10.2. The van der Waals surface area contributed by atoms with E-state index in [1.165, 1.54) is 7.11 Å². The SMILES string of the molecule is COc1cc(Cl)cc(CS(=O)(=O)Cl)c1OC1CCCC1. The van der Waals surface area contributed by atoms with E-state index in [2.05, 4.69) is 0 Å². The summed E-state index contributed by atoms with van der Waals surface area (Å²) in [5.74, 6) is 0.515. The molecule has 1 aromatic carbocycles. The van der Waals surface area contributed by atoms with Crippen LogP contribution in [0.4, 0.5) is 0 Å². The second-order valence-corrected chi connectivity index (χ2v) is 8.02. The first-order chi connectivity index (χ1) is 9.39. The van der Waals surface area contributed by atoms with Crippen LogP contribution in [0.2, 0.25) is 5.02 Å². The first kappa shape index (κ1) is 15.7. The smallest absolute Gasteiger partial charge is 0.236 e. The molecule has 1 saturated carbocycles. The van der Waals surface area contributed by atoms with Crippen LogP contribution < -0.4 is 9.47 Å². The Bertz CT molecular complexity index is 580. The number of hydrogen-bond donors (Lipinski definition) is 0. The maximum Gasteiger partial charge on any atom is 0.236 e. The Balaban J connectivity index is 2.38. The van der Waals surface area contributed by atoms with Crippen LogP contribution in [-0.2, 0) is 14.8 Å². The fourth-order valence-electron chi connectivity index (χ4n) is 2.37. The minimum Gasteiger partial charge on any atom is -0.493 e. The Morgan fingerprint density at radius 1 is 1.30 bits per heavy atom. The van der Waals surface area contributed by atoms with E-state index < -0.39 is 9.05 Å². The third-order valence-corrected chi connectivity index (χ3v) is 4.43. The lowest BCUT2D eigenvalue weighted by molar-refractivity contribution is 0.199. The maximum atomic E-state index is 11.3. The Morgan fingerprint density at radius 2 is 1.95 bits per heavy atom. The van der Waals surface area contributed by atoms with Crippen LogP contribution in [0.25, 0.3) is 0 Å². The van der Waals surface area contributed by atoms with Gasteiger partial charge in [0.1, 0.15) is 0 Å². The number of ether oxygens (including phenoxy) is 2. The Morgan fingerprint density at radius 3 is 2.50 bits per heavy atom. The summed E-state index contributed by atoms with van der Waals surface area (Å²) in [6.45, 7) is 0. The maximum absolute atomic E-state index is 11.3. The second-order valence-electron chi connectivity index (χ2n) is 4.80. The quantitative estimate of drug-likeness (QED) is 0.767. The highest BCUT2D eigenvalue weighted by atomic mass is 35.7. The molecule has 0 aromatic heterocycles. The minimum atomic E-state index is -3.70. The van der Waals surface area contributed by atoms with E-state index in [0.717, 1.165) is 25.7 Å². The molecule has 0 amide bonds. The number of halogens is 2. The number of methoxy groups -OCH3 is 1. The summed E-state index contributed by atoms with van der Waals surface area (Å²) >= 11 is 5.97. The Labute approximate surface area is 128 Å². The van der Waals surface area contributed by atoms with Crippen molar-refractivity contribution in [1.29, 1.82) is 0 Å². The summed E-state index contributed by atoms with van der Waals surface area (Å²) in [7, 11) is 3.13. The summed E-state index contributed by atoms with van der Waals surface area (Å²) in [6.07, 6.45) is 4.23. The van der Waals surface area contributed by atoms with E-state index >= 15 is 0 Å². The predicted molar refractivity (Wildman–Crippen MR) is 79.4 cm³/mol. The largest absolute Gasteiger partial charge is 0.493 e. The van der Waals surface area contributed by atoms with Gasteiger partial charge in [-0.3, -0.25) is 0 Å². The molecular weight excluding hydrogens is 323 g/mol. The molecule has 2 rings (SSSR count). The van der Waals surface area contributed by atoms with Crippen LogP contribution in [0.3, 0.4) is 0 Å². The van der Waals surface area contributed by atoms with E-state index in [4.69, 9.17) is 31.8 Å². The molecule has 1 aromatic rings. The van der Waals surface area contributed by atoms with Crippen LogP contribution in [-0.4, -0.2) is 21.6 Å². The van der Waals surface area contributed by atoms with Gasteiger partial charge in [-0.05, 0) is 31.7 Å². The van der Waals surface area contributed by atoms with Crippen LogP contribution in [0.1, 0.15) is 31.2 Å². The van der Waals surface area contributed by atoms with Crippen LogP contribution >= 0.6 is 22.3 Å². The highest BCUT2D eigenvalue weighted by molar-refractivity contribution is 8.13. The normalized spacial score (nSPS) is 16.4. The second kappa shape index (κ2) is 6.41. The monoisotopic (exact) mass is 338 g/mol. The van der Waals surface area contributed by atoms with Gasteiger partial charge in [0, 0.05) is 27.3 Å². The average molecular weight is 339 g/mol. The van der Waals surface area contributed by atoms with Gasteiger partial charge < -0.3 is 9.47 Å². The standard InChI is InChI=1S/C13H16Cl2O4S/c1-18-12-7-10(14)6-9(8-20(15,16)17)13(12)19-11-4-2-3-5-11/h6-7,11H,2-5,8H2,1H3. The lowest BCUT2D eigenvalue weighted by Crippen LogP contribution is -2.13. The number of rotatable bonds is 5. The van der Waals surface area contributed by atoms with Gasteiger partial charge in [0.15, 0.2) is 11.5 Å². The molecule has 0 spiro atoms. The van der Waals surface area contributed by atoms with Gasteiger partial charge in [-0.15, -0.1) is 0 Å². The molecule has 0 unspecified atom stereocenters. The van der Waals surface area contributed by atoms with Crippen molar-refractivity contribution in [3.05, 3.63) is 22.7 Å². The third kappa shape index (κ3) is 4.17. The lowest BCUT2D eigenvalue weighted by Gasteiger charge is -2.19. The molecule has 1 aliphatic rings. The van der Waals surface area contributed by atoms with Gasteiger partial charge in [0.25, 0.3) is 0 Å². The predicted octanol–water partition coefficient (Wildman–Crippen LogP) is 3.74. The van der Waals surface area contributed by atoms with Crippen molar-refractivity contribution in [2.45, 2.75) is 37.5 Å². The molecule has 0 bridgehead atoms. The van der Waals surface area contributed by atoms with Gasteiger partial charge in [0.05, 0.1) is 19.0 Å². The van der Waals surface area contributed by atoms with Crippen molar-refractivity contribution in [3.63, 3.8) is 0 Å². The summed E-state index contributed by atoms with van der Waals surface area (Å²) in [4.78, 5) is 0. The highest BCUT2D eigenvalue weighted by Crippen LogP contribution is 2.38. The molecule has 0 atom stereocenters. The van der Waals surface area contributed by atoms with Crippen molar-refractivity contribution < 1.29 is 17.9 Å². The van der Waals surface area contributed by atoms with E-state index in [0.29, 0.717) is 22.1 Å². The zero-order valence-electron chi connectivity index (χ0n) is 11.1. The molecule has 0 N–H and O–H groups in total. The Hall–Kier alpha value is -0.650. The Kier molecular flexibility index (Phi) is 5.04. The summed E-state index contributed by atoms with van der Waals surface area (Å²) < 4.78 is 33.8. The summed E-state index contributed by atoms with van der Waals surface area (Å²) in [5, 5.41) is 0.385. The fraction of sp³-hybridized carbons (Fsp3) is 0.538. The van der Waals surface area contributed by atoms with Gasteiger partial charge in [-0.2, -0.15) is 0 Å². The van der Waals surface area contributed by atoms with Crippen molar-refractivity contribution in [1.82, 2.24) is 0 Å². The molecular formula is C13H16Cl2O4S. The van der Waals surface area contributed by atoms with Gasteiger partial charge >= 0.3 is 0 Å². The highest BCUT2D eigenvalue weighted by Gasteiger charge is 2.23. The molecule has 20 heavy (non-hydrogen) atoms. The molecule has 0 aliphatic heterocycles. The topological polar surface area (TPSA) is 52.6 Å². The minimum absolute atomic E-state index is 0.0851. The fourth-order valence-corrected chi connectivity index (χ4v) is 3.54. The molecule has 112 valence electrons. The van der Waals surface area contributed by atoms with E-state index in [1.807, 2.05) is 0 Å². The van der Waals surface area contributed by atoms with E-state index in [-0.39, 0.29) is 11.9 Å². The first-order valence-corrected chi connectivity index (χ1v) is 9.20. The van der Waals surface area contributed by atoms with Crippen LogP contribution in [0.5, 0.6) is 11.5 Å². The zero-order chi connectivity index (χ0) is 14.8. The molecule has 1 fully saturated rings. The van der Waals surface area contributed by atoms with Crippen molar-refractivity contribution >= 4 is 31.3 Å². The van der Waals surface area contributed by atoms with Crippen molar-refractivity contribution in [3.8, 4) is 11.5 Å². The summed E-state index contributed by atoms with van der Waals surface area (Å²) in [5.41, 5.74) is 0.427. The summed E-state index contributed by atoms with van der Waals surface area (Å²) in [6, 6.07) is 3.16. The first-order valence-electron chi connectivity index (χ1n) is 6.34. The van der Waals surface area contributed by atoms with Gasteiger partial charge in [0.2, 0.25) is 9.05 Å². The van der Waals surface area contributed by atoms with Gasteiger partial charge in [-0.25, -0.2) is 8.42 Å². The molecule has 0 radical (unpaired) electrons. The van der Waals surface area contributed by atoms with Gasteiger partial charge in [-0.1, -0.05) is 11.6 Å². The average Bonchev–Trinajstić information content (AvgIpc) is 2.83. The van der Waals surface area contributed by atoms with Crippen LogP contribution in [0.15, 0.2) is 12.1 Å². The van der Waals surface area contributed by atoms with Crippen LogP contribution in [0, 0.1) is 0 Å². The number of hydrogen-bond acceptors (Lipinski definition) is 4. The zero-order valence-corrected chi connectivity index (χ0v) is 13.4. The molecule has 0 heterocycles. The number of benzene rings is 1. The molecule has 0 saturated heterocycles. The van der Waals surface area contributed by atoms with Crippen molar-refractivity contribution in [2.24, 2.45) is 0 Å². The van der Waals surface area contributed by atoms with Crippen molar-refractivity contribution in [2.75, 3.05) is 7.11 Å². The van der Waals surface area contributed by atoms with E-state index in [1.54, 1.807) is 12.1 Å². The third-order valence-electron chi connectivity index (χ3n) is 3.23.